The molecule has 0 bridgehead atoms. The number of halogens is 5. The van der Waals surface area contributed by atoms with Gasteiger partial charge in [-0.1, -0.05) is 6.07 Å². The third kappa shape index (κ3) is 2.84. The Balaban J connectivity index is 2.52. The Hall–Kier alpha value is -1.69. The van der Waals surface area contributed by atoms with Gasteiger partial charge in [0.2, 0.25) is 5.28 Å². The summed E-state index contributed by atoms with van der Waals surface area (Å²) in [5.74, 6) is -0.983. The van der Waals surface area contributed by atoms with Crippen LogP contribution in [-0.2, 0) is 6.18 Å². The largest absolute Gasteiger partial charge is 0.416 e. The van der Waals surface area contributed by atoms with Crippen molar-refractivity contribution in [2.24, 2.45) is 0 Å². The lowest BCUT2D eigenvalue weighted by atomic mass is 10.0. The van der Waals surface area contributed by atoms with Crippen LogP contribution in [0.1, 0.15) is 11.3 Å². The summed E-state index contributed by atoms with van der Waals surface area (Å²) < 4.78 is 51.0. The monoisotopic (exact) mass is 290 g/mol. The highest BCUT2D eigenvalue weighted by molar-refractivity contribution is 6.28. The van der Waals surface area contributed by atoms with Gasteiger partial charge in [0.25, 0.3) is 0 Å². The molecule has 0 N–H and O–H groups in total. The van der Waals surface area contributed by atoms with Gasteiger partial charge in [-0.2, -0.15) is 13.2 Å². The second-order valence-corrected chi connectivity index (χ2v) is 4.17. The van der Waals surface area contributed by atoms with E-state index in [0.29, 0.717) is 17.3 Å². The Morgan fingerprint density at radius 2 is 1.84 bits per heavy atom. The second kappa shape index (κ2) is 4.77. The predicted molar refractivity (Wildman–Crippen MR) is 62.2 cm³/mol. The highest BCUT2D eigenvalue weighted by Gasteiger charge is 2.31. The molecule has 1 aromatic heterocycles. The maximum Gasteiger partial charge on any atom is 0.416 e. The molecule has 0 saturated heterocycles. The number of nitrogens with zero attached hydrogens (tertiary/aromatic N) is 2. The van der Waals surface area contributed by atoms with E-state index in [1.165, 1.54) is 6.20 Å². The third-order valence-corrected chi connectivity index (χ3v) is 2.72. The van der Waals surface area contributed by atoms with E-state index in [1.807, 2.05) is 0 Å². The van der Waals surface area contributed by atoms with Gasteiger partial charge in [-0.3, -0.25) is 0 Å². The van der Waals surface area contributed by atoms with Gasteiger partial charge in [-0.25, -0.2) is 14.4 Å². The lowest BCUT2D eigenvalue weighted by Gasteiger charge is -2.10. The molecule has 0 fully saturated rings. The Morgan fingerprint density at radius 3 is 2.37 bits per heavy atom. The van der Waals surface area contributed by atoms with E-state index in [-0.39, 0.29) is 10.8 Å². The smallest absolute Gasteiger partial charge is 0.226 e. The summed E-state index contributed by atoms with van der Waals surface area (Å²) in [5, 5.41) is -0.00595. The first-order chi connectivity index (χ1) is 8.79. The van der Waals surface area contributed by atoms with Crippen molar-refractivity contribution in [1.29, 1.82) is 0 Å². The number of aryl methyl sites for hydroxylation is 1. The van der Waals surface area contributed by atoms with Gasteiger partial charge in [0.05, 0.1) is 11.3 Å². The van der Waals surface area contributed by atoms with Gasteiger partial charge in [0.1, 0.15) is 5.82 Å². The number of rotatable bonds is 1. The molecule has 19 heavy (non-hydrogen) atoms. The molecule has 0 radical (unpaired) electrons. The molecular weight excluding hydrogens is 284 g/mol. The number of alkyl halides is 3. The number of hydrogen-bond acceptors (Lipinski definition) is 2. The van der Waals surface area contributed by atoms with Gasteiger partial charge >= 0.3 is 6.18 Å². The molecule has 0 aliphatic carbocycles. The summed E-state index contributed by atoms with van der Waals surface area (Å²) >= 11 is 5.56. The fourth-order valence-corrected chi connectivity index (χ4v) is 1.79. The van der Waals surface area contributed by atoms with Crippen LogP contribution in [-0.4, -0.2) is 9.97 Å². The van der Waals surface area contributed by atoms with Crippen LogP contribution >= 0.6 is 11.6 Å². The highest BCUT2D eigenvalue weighted by atomic mass is 35.5. The number of aromatic nitrogens is 2. The molecular formula is C12H7ClF4N2. The number of benzene rings is 1. The van der Waals surface area contributed by atoms with Crippen molar-refractivity contribution in [1.82, 2.24) is 9.97 Å². The third-order valence-electron chi connectivity index (χ3n) is 2.54. The SMILES string of the molecule is Cc1nc(Cl)ncc1-c1ccc(C(F)(F)F)cc1F. The normalized spacial score (nSPS) is 11.7. The highest BCUT2D eigenvalue weighted by Crippen LogP contribution is 2.33. The maximum absolute atomic E-state index is 13.8. The Labute approximate surface area is 111 Å². The summed E-state index contributed by atoms with van der Waals surface area (Å²) in [5.41, 5.74) is -0.349. The van der Waals surface area contributed by atoms with Gasteiger partial charge in [-0.15, -0.1) is 0 Å². The first-order valence-electron chi connectivity index (χ1n) is 5.15. The molecule has 2 aromatic rings. The lowest BCUT2D eigenvalue weighted by Crippen LogP contribution is -2.05. The minimum Gasteiger partial charge on any atom is -0.226 e. The van der Waals surface area contributed by atoms with Crippen molar-refractivity contribution in [2.75, 3.05) is 0 Å². The zero-order valence-corrected chi connectivity index (χ0v) is 10.3. The first kappa shape index (κ1) is 13.7. The van der Waals surface area contributed by atoms with E-state index in [9.17, 15) is 17.6 Å². The molecule has 0 atom stereocenters. The van der Waals surface area contributed by atoms with E-state index in [4.69, 9.17) is 11.6 Å². The van der Waals surface area contributed by atoms with Gasteiger partial charge < -0.3 is 0 Å². The molecule has 1 aromatic carbocycles. The van der Waals surface area contributed by atoms with E-state index in [1.54, 1.807) is 6.92 Å². The second-order valence-electron chi connectivity index (χ2n) is 3.83. The minimum absolute atomic E-state index is 0.00201. The predicted octanol–water partition coefficient (Wildman–Crippen LogP) is 4.26. The van der Waals surface area contributed by atoms with Crippen molar-refractivity contribution in [3.05, 3.63) is 46.8 Å². The molecule has 2 rings (SSSR count). The van der Waals surface area contributed by atoms with E-state index >= 15 is 0 Å². The van der Waals surface area contributed by atoms with Crippen molar-refractivity contribution in [3.63, 3.8) is 0 Å². The summed E-state index contributed by atoms with van der Waals surface area (Å²) in [4.78, 5) is 7.52. The van der Waals surface area contributed by atoms with Crippen LogP contribution in [0.5, 0.6) is 0 Å². The molecule has 7 heteroatoms. The van der Waals surface area contributed by atoms with Crippen LogP contribution in [0.3, 0.4) is 0 Å². The molecule has 0 saturated carbocycles. The van der Waals surface area contributed by atoms with E-state index in [2.05, 4.69) is 9.97 Å². The lowest BCUT2D eigenvalue weighted by molar-refractivity contribution is -0.137. The van der Waals surface area contributed by atoms with E-state index < -0.39 is 17.6 Å². The Morgan fingerprint density at radius 1 is 1.16 bits per heavy atom. The van der Waals surface area contributed by atoms with Crippen LogP contribution in [0.15, 0.2) is 24.4 Å². The molecule has 1 heterocycles. The minimum atomic E-state index is -4.58. The topological polar surface area (TPSA) is 25.8 Å². The van der Waals surface area contributed by atoms with Crippen LogP contribution in [0.4, 0.5) is 17.6 Å². The Kier molecular flexibility index (Phi) is 3.45. The average molecular weight is 291 g/mol. The van der Waals surface area contributed by atoms with Crippen molar-refractivity contribution in [2.45, 2.75) is 13.1 Å². The van der Waals surface area contributed by atoms with E-state index in [0.717, 1.165) is 12.1 Å². The molecule has 2 nitrogen and oxygen atoms in total. The fraction of sp³-hybridized carbons (Fsp3) is 0.167. The van der Waals surface area contributed by atoms with Crippen LogP contribution in [0.2, 0.25) is 5.28 Å². The molecule has 0 spiro atoms. The zero-order valence-electron chi connectivity index (χ0n) is 9.59. The number of hydrogen-bond donors (Lipinski definition) is 0. The molecule has 0 amide bonds. The molecule has 100 valence electrons. The summed E-state index contributed by atoms with van der Waals surface area (Å²) in [7, 11) is 0. The van der Waals surface area contributed by atoms with Crippen LogP contribution in [0.25, 0.3) is 11.1 Å². The standard InChI is InChI=1S/C12H7ClF4N2/c1-6-9(5-18-11(13)19-6)8-3-2-7(4-10(8)14)12(15,16)17/h2-5H,1H3. The molecule has 0 aliphatic rings. The molecule has 0 unspecified atom stereocenters. The average Bonchev–Trinajstić information content (AvgIpc) is 2.28. The van der Waals surface area contributed by atoms with Crippen LogP contribution < -0.4 is 0 Å². The zero-order chi connectivity index (χ0) is 14.2. The Bertz CT molecular complexity index is 626. The fourth-order valence-electron chi connectivity index (χ4n) is 1.61. The first-order valence-corrected chi connectivity index (χ1v) is 5.53. The van der Waals surface area contributed by atoms with Gasteiger partial charge in [0.15, 0.2) is 0 Å². The van der Waals surface area contributed by atoms with Gasteiger partial charge in [-0.05, 0) is 30.7 Å². The van der Waals surface area contributed by atoms with Crippen molar-refractivity contribution < 1.29 is 17.6 Å². The summed E-state index contributed by atoms with van der Waals surface area (Å²) in [6, 6.07) is 2.31. The van der Waals surface area contributed by atoms with Gasteiger partial charge in [0, 0.05) is 17.3 Å². The summed E-state index contributed by atoms with van der Waals surface area (Å²) in [6.45, 7) is 1.57. The van der Waals surface area contributed by atoms with Crippen molar-refractivity contribution >= 4 is 11.6 Å². The molecule has 0 aliphatic heterocycles. The van der Waals surface area contributed by atoms with Crippen molar-refractivity contribution in [3.8, 4) is 11.1 Å². The summed E-state index contributed by atoms with van der Waals surface area (Å²) in [6.07, 6.45) is -3.30. The van der Waals surface area contributed by atoms with Crippen LogP contribution in [0, 0.1) is 12.7 Å². The maximum atomic E-state index is 13.8. The quantitative estimate of drug-likeness (QED) is 0.579.